The molecule has 0 fully saturated rings. The van der Waals surface area contributed by atoms with Crippen molar-refractivity contribution in [2.45, 2.75) is 64.6 Å². The molecule has 0 saturated heterocycles. The molecule has 0 N–H and O–H groups in total. The van der Waals surface area contributed by atoms with Crippen molar-refractivity contribution in [3.05, 3.63) is 0 Å². The van der Waals surface area contributed by atoms with Gasteiger partial charge in [0.1, 0.15) is 0 Å². The van der Waals surface area contributed by atoms with Crippen LogP contribution in [0.2, 0.25) is 18.1 Å². The molecule has 80 valence electrons. The Morgan fingerprint density at radius 2 is 1.54 bits per heavy atom. The second kappa shape index (κ2) is 5.16. The van der Waals surface area contributed by atoms with Crippen molar-refractivity contribution in [2.75, 3.05) is 7.11 Å². The van der Waals surface area contributed by atoms with Crippen LogP contribution in [0.1, 0.15) is 46.5 Å². The molecule has 0 aliphatic carbocycles. The van der Waals surface area contributed by atoms with Gasteiger partial charge in [0, 0.05) is 7.11 Å². The van der Waals surface area contributed by atoms with Crippen molar-refractivity contribution in [3.63, 3.8) is 0 Å². The number of rotatable bonds is 6. The summed E-state index contributed by atoms with van der Waals surface area (Å²) in [5.74, 6) is 0. The molecule has 0 aliphatic rings. The largest absolute Gasteiger partial charge is 0.420 e. The highest BCUT2D eigenvalue weighted by atomic mass is 28.4. The van der Waals surface area contributed by atoms with E-state index >= 15 is 0 Å². The molecule has 13 heavy (non-hydrogen) atoms. The maximum Gasteiger partial charge on any atom is 0.192 e. The molecule has 0 aromatic heterocycles. The Hall–Kier alpha value is 0.177. The highest BCUT2D eigenvalue weighted by Gasteiger charge is 2.44. The van der Waals surface area contributed by atoms with Crippen molar-refractivity contribution < 1.29 is 4.43 Å². The van der Waals surface area contributed by atoms with E-state index in [0.29, 0.717) is 5.04 Å². The molecule has 0 radical (unpaired) electrons. The summed E-state index contributed by atoms with van der Waals surface area (Å²) in [5, 5.41) is 0.497. The highest BCUT2D eigenvalue weighted by molar-refractivity contribution is 6.74. The fourth-order valence-electron chi connectivity index (χ4n) is 2.45. The second-order valence-electron chi connectivity index (χ2n) is 4.45. The summed E-state index contributed by atoms with van der Waals surface area (Å²) in [6, 6.07) is 0. The monoisotopic (exact) mass is 202 g/mol. The van der Waals surface area contributed by atoms with E-state index in [1.807, 2.05) is 7.11 Å². The molecule has 0 unspecified atom stereocenters. The fraction of sp³-hybridized carbons (Fsp3) is 1.00. The molecular weight excluding hydrogens is 176 g/mol. The van der Waals surface area contributed by atoms with Crippen molar-refractivity contribution in [3.8, 4) is 0 Å². The quantitative estimate of drug-likeness (QED) is 0.587. The summed E-state index contributed by atoms with van der Waals surface area (Å²) in [7, 11) is 0.413. The lowest BCUT2D eigenvalue weighted by Crippen LogP contribution is -2.44. The Labute approximate surface area is 85.0 Å². The van der Waals surface area contributed by atoms with Gasteiger partial charge in [0.2, 0.25) is 0 Å². The van der Waals surface area contributed by atoms with Gasteiger partial charge in [0.05, 0.1) is 0 Å². The Bertz CT molecular complexity index is 139. The van der Waals surface area contributed by atoms with Crippen LogP contribution in [0.5, 0.6) is 0 Å². The maximum absolute atomic E-state index is 5.78. The summed E-state index contributed by atoms with van der Waals surface area (Å²) in [5.41, 5.74) is 0. The van der Waals surface area contributed by atoms with Crippen LogP contribution in [0.4, 0.5) is 0 Å². The average Bonchev–Trinajstić information content (AvgIpc) is 2.14. The maximum atomic E-state index is 5.78. The lowest BCUT2D eigenvalue weighted by atomic mass is 9.96. The molecule has 0 amide bonds. The summed E-state index contributed by atoms with van der Waals surface area (Å²) in [4.78, 5) is 0. The Morgan fingerprint density at radius 3 is 1.77 bits per heavy atom. The van der Waals surface area contributed by atoms with E-state index < -0.39 is 8.32 Å². The first-order valence-corrected chi connectivity index (χ1v) is 8.45. The van der Waals surface area contributed by atoms with Crippen LogP contribution in [0, 0.1) is 0 Å². The minimum atomic E-state index is -1.48. The molecule has 0 heterocycles. The summed E-state index contributed by atoms with van der Waals surface area (Å²) in [6.45, 7) is 11.6. The van der Waals surface area contributed by atoms with E-state index in [4.69, 9.17) is 4.43 Å². The topological polar surface area (TPSA) is 9.23 Å². The number of hydrogen-bond acceptors (Lipinski definition) is 1. The molecule has 0 atom stereocenters. The molecule has 0 aliphatic heterocycles. The number of hydrogen-bond donors (Lipinski definition) is 0. The Kier molecular flexibility index (Phi) is 5.23. The van der Waals surface area contributed by atoms with E-state index in [0.717, 1.165) is 0 Å². The van der Waals surface area contributed by atoms with Crippen LogP contribution in [0.25, 0.3) is 0 Å². The smallest absolute Gasteiger partial charge is 0.192 e. The molecule has 0 aromatic rings. The van der Waals surface area contributed by atoms with Gasteiger partial charge in [-0.3, -0.25) is 0 Å². The third-order valence-corrected chi connectivity index (χ3v) is 8.40. The predicted octanol–water partition coefficient (Wildman–Crippen LogP) is 4.20. The highest BCUT2D eigenvalue weighted by Crippen LogP contribution is 2.48. The van der Waals surface area contributed by atoms with Crippen molar-refractivity contribution >= 4 is 8.32 Å². The van der Waals surface area contributed by atoms with Crippen LogP contribution in [0.15, 0.2) is 0 Å². The van der Waals surface area contributed by atoms with E-state index in [1.165, 1.54) is 25.7 Å². The van der Waals surface area contributed by atoms with E-state index in [-0.39, 0.29) is 0 Å². The van der Waals surface area contributed by atoms with E-state index in [2.05, 4.69) is 33.9 Å². The minimum Gasteiger partial charge on any atom is -0.420 e. The first kappa shape index (κ1) is 13.2. The van der Waals surface area contributed by atoms with Crippen LogP contribution in [0.3, 0.4) is 0 Å². The molecule has 0 aromatic carbocycles. The van der Waals surface area contributed by atoms with Gasteiger partial charge in [0.25, 0.3) is 0 Å². The average molecular weight is 202 g/mol. The van der Waals surface area contributed by atoms with E-state index in [1.54, 1.807) is 0 Å². The summed E-state index contributed by atoms with van der Waals surface area (Å²) in [6.07, 6.45) is 5.14. The third kappa shape index (κ3) is 2.56. The lowest BCUT2D eigenvalue weighted by molar-refractivity contribution is 0.325. The first-order valence-electron chi connectivity index (χ1n) is 5.54. The standard InChI is InChI=1S/C11H26OSi/c1-7-10-11(8-2,9-3)13(5,6)12-4/h7-10H2,1-6H3. The van der Waals surface area contributed by atoms with Gasteiger partial charge < -0.3 is 4.43 Å². The summed E-state index contributed by atoms with van der Waals surface area (Å²) >= 11 is 0. The van der Waals surface area contributed by atoms with Gasteiger partial charge in [0.15, 0.2) is 8.32 Å². The molecule has 1 nitrogen and oxygen atoms in total. The van der Waals surface area contributed by atoms with E-state index in [9.17, 15) is 0 Å². The predicted molar refractivity (Wildman–Crippen MR) is 62.7 cm³/mol. The van der Waals surface area contributed by atoms with Gasteiger partial charge in [-0.2, -0.15) is 0 Å². The molecule has 2 heteroatoms. The van der Waals surface area contributed by atoms with Crippen LogP contribution in [-0.4, -0.2) is 15.4 Å². The fourth-order valence-corrected chi connectivity index (χ4v) is 5.44. The zero-order chi connectivity index (χ0) is 10.5. The molecule has 0 bridgehead atoms. The zero-order valence-electron chi connectivity index (χ0n) is 10.2. The van der Waals surface area contributed by atoms with Crippen molar-refractivity contribution in [1.29, 1.82) is 0 Å². The normalized spacial score (nSPS) is 13.4. The SMILES string of the molecule is CCCC(CC)(CC)[Si](C)(C)OC. The van der Waals surface area contributed by atoms with Crippen LogP contribution < -0.4 is 0 Å². The van der Waals surface area contributed by atoms with Crippen LogP contribution in [-0.2, 0) is 4.43 Å². The second-order valence-corrected chi connectivity index (χ2v) is 8.94. The lowest BCUT2D eigenvalue weighted by Gasteiger charge is -2.43. The summed E-state index contributed by atoms with van der Waals surface area (Å²) < 4.78 is 5.78. The van der Waals surface area contributed by atoms with Crippen LogP contribution >= 0.6 is 0 Å². The zero-order valence-corrected chi connectivity index (χ0v) is 11.2. The first-order chi connectivity index (χ1) is 5.99. The minimum absolute atomic E-state index is 0.497. The molecule has 0 spiro atoms. The van der Waals surface area contributed by atoms with Gasteiger partial charge in [-0.25, -0.2) is 0 Å². The van der Waals surface area contributed by atoms with Gasteiger partial charge in [-0.15, -0.1) is 0 Å². The Morgan fingerprint density at radius 1 is 1.08 bits per heavy atom. The van der Waals surface area contributed by atoms with Gasteiger partial charge >= 0.3 is 0 Å². The molecule has 0 saturated carbocycles. The molecule has 0 rings (SSSR count). The molecular formula is C11H26OSi. The Balaban J connectivity index is 4.73. The van der Waals surface area contributed by atoms with Crippen molar-refractivity contribution in [1.82, 2.24) is 0 Å². The van der Waals surface area contributed by atoms with Crippen molar-refractivity contribution in [2.24, 2.45) is 0 Å². The van der Waals surface area contributed by atoms with Gasteiger partial charge in [-0.1, -0.05) is 40.0 Å². The third-order valence-electron chi connectivity index (χ3n) is 3.87. The van der Waals surface area contributed by atoms with Gasteiger partial charge in [-0.05, 0) is 24.6 Å².